The van der Waals surface area contributed by atoms with Crippen molar-refractivity contribution in [2.45, 2.75) is 51.2 Å². The highest BCUT2D eigenvalue weighted by atomic mass is 19.1. The maximum absolute atomic E-state index is 13.4. The average Bonchev–Trinajstić information content (AvgIpc) is 3.36. The molecule has 2 amide bonds. The Bertz CT molecular complexity index is 945. The number of nitrogens with one attached hydrogen (secondary N) is 2. The summed E-state index contributed by atoms with van der Waals surface area (Å²) in [5, 5.41) is 9.24. The topological polar surface area (TPSA) is 90.7 Å². The third-order valence-corrected chi connectivity index (χ3v) is 5.68. The fourth-order valence-corrected chi connectivity index (χ4v) is 3.96. The van der Waals surface area contributed by atoms with E-state index in [2.05, 4.69) is 39.7 Å². The van der Waals surface area contributed by atoms with Crippen LogP contribution in [0.3, 0.4) is 0 Å². The van der Waals surface area contributed by atoms with Crippen molar-refractivity contribution in [3.05, 3.63) is 47.2 Å². The maximum Gasteiger partial charge on any atom is 0.248 e. The molecule has 1 saturated heterocycles. The number of hydrogen-bond acceptors (Lipinski definition) is 6. The molecule has 1 aromatic heterocycles. The van der Waals surface area contributed by atoms with Crippen molar-refractivity contribution in [1.29, 1.82) is 0 Å². The van der Waals surface area contributed by atoms with Crippen LogP contribution in [0.2, 0.25) is 0 Å². The van der Waals surface area contributed by atoms with E-state index in [0.717, 1.165) is 37.7 Å². The molecular weight excluding hydrogens is 432 g/mol. The molecule has 10 heteroatoms. The normalized spacial score (nSPS) is 17.3. The van der Waals surface area contributed by atoms with Crippen LogP contribution < -0.4 is 10.6 Å². The molecule has 0 aliphatic carbocycles. The highest BCUT2D eigenvalue weighted by molar-refractivity contribution is 5.96. The lowest BCUT2D eigenvalue weighted by atomic mass is 10.1. The molecule has 2 atom stereocenters. The summed E-state index contributed by atoms with van der Waals surface area (Å²) in [6.45, 7) is 4.40. The Morgan fingerprint density at radius 2 is 1.97 bits per heavy atom. The van der Waals surface area contributed by atoms with E-state index in [-0.39, 0.29) is 17.8 Å². The SMILES string of the molecule is CCCC(NC(=O)Cc1cc(F)cc(F)c1)C(=O)Nc1cc(CN2CCC(N(C)C)C2)on1. The Hall–Kier alpha value is -2.85. The van der Waals surface area contributed by atoms with Gasteiger partial charge < -0.3 is 20.1 Å². The maximum atomic E-state index is 13.4. The summed E-state index contributed by atoms with van der Waals surface area (Å²) in [4.78, 5) is 29.6. The van der Waals surface area contributed by atoms with Gasteiger partial charge in [0.05, 0.1) is 13.0 Å². The second-order valence-corrected chi connectivity index (χ2v) is 8.67. The molecule has 3 rings (SSSR count). The lowest BCUT2D eigenvalue weighted by Crippen LogP contribution is -2.44. The molecule has 180 valence electrons. The molecule has 1 aromatic carbocycles. The summed E-state index contributed by atoms with van der Waals surface area (Å²) in [6, 6.07) is 4.31. The number of carbonyl (C=O) groups excluding carboxylic acids is 2. The summed E-state index contributed by atoms with van der Waals surface area (Å²) in [5.74, 6) is -1.51. The monoisotopic (exact) mass is 463 g/mol. The van der Waals surface area contributed by atoms with Crippen LogP contribution in [0.1, 0.15) is 37.5 Å². The highest BCUT2D eigenvalue weighted by Gasteiger charge is 2.25. The van der Waals surface area contributed by atoms with Gasteiger partial charge in [-0.1, -0.05) is 18.5 Å². The molecule has 2 N–H and O–H groups in total. The minimum Gasteiger partial charge on any atom is -0.358 e. The molecule has 0 bridgehead atoms. The fourth-order valence-electron chi connectivity index (χ4n) is 3.96. The standard InChI is InChI=1S/C23H31F2N5O3/c1-4-5-20(26-22(31)10-15-8-16(24)11-17(25)9-15)23(32)27-21-12-19(33-28-21)14-30-7-6-18(13-30)29(2)3/h8-9,11-12,18,20H,4-7,10,13-14H2,1-3H3,(H,26,31)(H,27,28,32). The van der Waals surface area contributed by atoms with Crippen LogP contribution >= 0.6 is 0 Å². The minimum atomic E-state index is -0.805. The van der Waals surface area contributed by atoms with E-state index in [1.807, 2.05) is 6.92 Å². The van der Waals surface area contributed by atoms with E-state index < -0.39 is 29.5 Å². The van der Waals surface area contributed by atoms with E-state index in [1.165, 1.54) is 0 Å². The lowest BCUT2D eigenvalue weighted by molar-refractivity contribution is -0.126. The van der Waals surface area contributed by atoms with Gasteiger partial charge in [0, 0.05) is 31.3 Å². The first-order valence-electron chi connectivity index (χ1n) is 11.1. The van der Waals surface area contributed by atoms with Crippen LogP contribution in [-0.4, -0.2) is 66.0 Å². The summed E-state index contributed by atoms with van der Waals surface area (Å²) >= 11 is 0. The summed E-state index contributed by atoms with van der Waals surface area (Å²) < 4.78 is 32.1. The first-order chi connectivity index (χ1) is 15.7. The van der Waals surface area contributed by atoms with Crippen molar-refractivity contribution in [2.24, 2.45) is 0 Å². The minimum absolute atomic E-state index is 0.195. The zero-order chi connectivity index (χ0) is 24.0. The number of carbonyl (C=O) groups is 2. The average molecular weight is 464 g/mol. The van der Waals surface area contributed by atoms with Gasteiger partial charge in [0.25, 0.3) is 0 Å². The zero-order valence-electron chi connectivity index (χ0n) is 19.2. The van der Waals surface area contributed by atoms with Gasteiger partial charge in [-0.05, 0) is 44.6 Å². The summed E-state index contributed by atoms with van der Waals surface area (Å²) in [6.07, 6.45) is 1.91. The first kappa shape index (κ1) is 24.8. The largest absolute Gasteiger partial charge is 0.358 e. The number of aromatic nitrogens is 1. The Labute approximate surface area is 192 Å². The molecule has 1 aliphatic rings. The van der Waals surface area contributed by atoms with E-state index >= 15 is 0 Å². The van der Waals surface area contributed by atoms with Gasteiger partial charge in [0.2, 0.25) is 11.8 Å². The molecule has 1 fully saturated rings. The molecule has 8 nitrogen and oxygen atoms in total. The van der Waals surface area contributed by atoms with Gasteiger partial charge in [0.1, 0.15) is 17.7 Å². The predicted molar refractivity (Wildman–Crippen MR) is 119 cm³/mol. The number of amides is 2. The number of likely N-dealkylation sites (tertiary alicyclic amines) is 1. The van der Waals surface area contributed by atoms with Gasteiger partial charge >= 0.3 is 0 Å². The van der Waals surface area contributed by atoms with E-state index in [1.54, 1.807) is 6.07 Å². The number of hydrogen-bond donors (Lipinski definition) is 2. The Morgan fingerprint density at radius 1 is 1.24 bits per heavy atom. The number of nitrogens with zero attached hydrogens (tertiary/aromatic N) is 3. The van der Waals surface area contributed by atoms with Gasteiger partial charge in [-0.3, -0.25) is 14.5 Å². The third-order valence-electron chi connectivity index (χ3n) is 5.68. The van der Waals surface area contributed by atoms with Crippen molar-refractivity contribution in [3.8, 4) is 0 Å². The molecule has 2 aromatic rings. The Morgan fingerprint density at radius 3 is 2.61 bits per heavy atom. The van der Waals surface area contributed by atoms with Crippen LogP contribution in [0.4, 0.5) is 14.6 Å². The van der Waals surface area contributed by atoms with Gasteiger partial charge in [-0.2, -0.15) is 0 Å². The zero-order valence-corrected chi connectivity index (χ0v) is 19.2. The number of halogens is 2. The van der Waals surface area contributed by atoms with Crippen molar-refractivity contribution in [2.75, 3.05) is 32.5 Å². The summed E-state index contributed by atoms with van der Waals surface area (Å²) in [7, 11) is 4.14. The van der Waals surface area contributed by atoms with Crippen LogP contribution in [0.25, 0.3) is 0 Å². The predicted octanol–water partition coefficient (Wildman–Crippen LogP) is 2.55. The summed E-state index contributed by atoms with van der Waals surface area (Å²) in [5.41, 5.74) is 0.195. The Kier molecular flexibility index (Phi) is 8.51. The highest BCUT2D eigenvalue weighted by Crippen LogP contribution is 2.18. The molecular formula is C23H31F2N5O3. The molecule has 2 heterocycles. The van der Waals surface area contributed by atoms with Crippen molar-refractivity contribution in [1.82, 2.24) is 20.3 Å². The molecule has 2 unspecified atom stereocenters. The van der Waals surface area contributed by atoms with Gasteiger partial charge in [-0.15, -0.1) is 0 Å². The van der Waals surface area contributed by atoms with Crippen molar-refractivity contribution < 1.29 is 22.9 Å². The van der Waals surface area contributed by atoms with Crippen LogP contribution in [0, 0.1) is 11.6 Å². The first-order valence-corrected chi connectivity index (χ1v) is 11.1. The van der Waals surface area contributed by atoms with Crippen molar-refractivity contribution >= 4 is 17.6 Å². The van der Waals surface area contributed by atoms with E-state index in [4.69, 9.17) is 4.52 Å². The third kappa shape index (κ3) is 7.33. The molecule has 1 aliphatic heterocycles. The molecule has 0 spiro atoms. The van der Waals surface area contributed by atoms with Gasteiger partial charge in [-0.25, -0.2) is 8.78 Å². The van der Waals surface area contributed by atoms with Crippen LogP contribution in [0.5, 0.6) is 0 Å². The molecule has 0 saturated carbocycles. The van der Waals surface area contributed by atoms with Crippen LogP contribution in [0.15, 0.2) is 28.8 Å². The van der Waals surface area contributed by atoms with E-state index in [0.29, 0.717) is 31.2 Å². The number of benzene rings is 1. The Balaban J connectivity index is 1.54. The molecule has 33 heavy (non-hydrogen) atoms. The van der Waals surface area contributed by atoms with E-state index in [9.17, 15) is 18.4 Å². The van der Waals surface area contributed by atoms with Crippen molar-refractivity contribution in [3.63, 3.8) is 0 Å². The second kappa shape index (κ2) is 11.3. The van der Waals surface area contributed by atoms with Crippen LogP contribution in [-0.2, 0) is 22.6 Å². The fraction of sp³-hybridized carbons (Fsp3) is 0.522. The molecule has 0 radical (unpaired) electrons. The quantitative estimate of drug-likeness (QED) is 0.563. The lowest BCUT2D eigenvalue weighted by Gasteiger charge is -2.19. The second-order valence-electron chi connectivity index (χ2n) is 8.67. The number of likely N-dealkylation sites (N-methyl/N-ethyl adjacent to an activating group) is 1. The number of rotatable bonds is 10. The number of anilines is 1. The smallest absolute Gasteiger partial charge is 0.248 e. The van der Waals surface area contributed by atoms with Gasteiger partial charge in [0.15, 0.2) is 11.6 Å².